The van der Waals surface area contributed by atoms with Crippen molar-refractivity contribution in [2.24, 2.45) is 0 Å². The first-order chi connectivity index (χ1) is 12.8. The number of anilines is 1. The van der Waals surface area contributed by atoms with Gasteiger partial charge in [-0.1, -0.05) is 6.92 Å². The number of aryl methyl sites for hydroxylation is 1. The summed E-state index contributed by atoms with van der Waals surface area (Å²) in [6.45, 7) is 1.98. The first-order valence-electron chi connectivity index (χ1n) is 8.09. The number of benzene rings is 1. The molecule has 0 aliphatic rings. The highest BCUT2D eigenvalue weighted by atomic mass is 32.1. The highest BCUT2D eigenvalue weighted by molar-refractivity contribution is 7.18. The lowest BCUT2D eigenvalue weighted by atomic mass is 10.1. The summed E-state index contributed by atoms with van der Waals surface area (Å²) in [6, 6.07) is 5.90. The molecule has 10 heteroatoms. The molecule has 3 aromatic rings. The van der Waals surface area contributed by atoms with E-state index < -0.39 is 16.4 Å². The van der Waals surface area contributed by atoms with Crippen molar-refractivity contribution in [1.82, 2.24) is 9.66 Å². The molecule has 0 aliphatic carbocycles. The molecule has 140 valence electrons. The lowest BCUT2D eigenvalue weighted by molar-refractivity contribution is -0.384. The maximum atomic E-state index is 12.5. The van der Waals surface area contributed by atoms with Crippen LogP contribution in [0, 0.1) is 10.1 Å². The predicted octanol–water partition coefficient (Wildman–Crippen LogP) is 2.38. The Hall–Kier alpha value is -3.27. The van der Waals surface area contributed by atoms with Gasteiger partial charge in [0.15, 0.2) is 0 Å². The van der Waals surface area contributed by atoms with E-state index in [1.165, 1.54) is 35.9 Å². The number of carbonyl (C=O) groups excluding carboxylic acids is 1. The van der Waals surface area contributed by atoms with Crippen LogP contribution in [0.25, 0.3) is 10.2 Å². The molecule has 0 radical (unpaired) electrons. The molecule has 27 heavy (non-hydrogen) atoms. The van der Waals surface area contributed by atoms with Crippen molar-refractivity contribution in [3.05, 3.63) is 61.5 Å². The van der Waals surface area contributed by atoms with Gasteiger partial charge >= 0.3 is 0 Å². The molecule has 0 bridgehead atoms. The molecular weight excluding hydrogens is 370 g/mol. The molecule has 2 heterocycles. The number of thiophene rings is 1. The summed E-state index contributed by atoms with van der Waals surface area (Å²) in [5, 5.41) is 11.7. The number of fused-ring (bicyclic) bond motifs is 1. The van der Waals surface area contributed by atoms with Crippen LogP contribution in [-0.2, 0) is 6.42 Å². The Morgan fingerprint density at radius 1 is 1.37 bits per heavy atom. The molecule has 0 spiro atoms. The van der Waals surface area contributed by atoms with Gasteiger partial charge in [-0.15, -0.1) is 11.3 Å². The van der Waals surface area contributed by atoms with Crippen LogP contribution in [0.5, 0.6) is 0 Å². The average molecular weight is 387 g/mol. The molecule has 1 N–H and O–H groups in total. The van der Waals surface area contributed by atoms with Crippen LogP contribution in [0.2, 0.25) is 0 Å². The number of hydrogen-bond donors (Lipinski definition) is 1. The zero-order valence-electron chi connectivity index (χ0n) is 14.9. The topological polar surface area (TPSA) is 110 Å². The smallest absolute Gasteiger partial charge is 0.293 e. The number of nitro groups is 1. The molecule has 0 aliphatic heterocycles. The predicted molar refractivity (Wildman–Crippen MR) is 104 cm³/mol. The SMILES string of the molecule is CCc1cc2c(=O)n(NC(=O)c3ccc(N(C)C)c([N+](=O)[O-])c3)cnc2s1. The fraction of sp³-hybridized carbons (Fsp3) is 0.235. The van der Waals surface area contributed by atoms with Crippen molar-refractivity contribution in [2.75, 3.05) is 24.4 Å². The molecular formula is C17H17N5O4S. The quantitative estimate of drug-likeness (QED) is 0.532. The number of aromatic nitrogens is 2. The van der Waals surface area contributed by atoms with Gasteiger partial charge < -0.3 is 4.90 Å². The van der Waals surface area contributed by atoms with E-state index in [9.17, 15) is 19.7 Å². The Bertz CT molecular complexity index is 1100. The monoisotopic (exact) mass is 387 g/mol. The Kier molecular flexibility index (Phi) is 4.91. The first kappa shape index (κ1) is 18.5. The van der Waals surface area contributed by atoms with E-state index in [4.69, 9.17) is 0 Å². The fourth-order valence-electron chi connectivity index (χ4n) is 2.59. The molecule has 1 aromatic carbocycles. The molecule has 2 aromatic heterocycles. The second-order valence-corrected chi connectivity index (χ2v) is 7.12. The highest BCUT2D eigenvalue weighted by Crippen LogP contribution is 2.27. The fourth-order valence-corrected chi connectivity index (χ4v) is 3.52. The molecule has 0 unspecified atom stereocenters. The number of nitrogens with zero attached hydrogens (tertiary/aromatic N) is 4. The van der Waals surface area contributed by atoms with Crippen LogP contribution in [-0.4, -0.2) is 34.6 Å². The van der Waals surface area contributed by atoms with Gasteiger partial charge in [0.25, 0.3) is 17.2 Å². The highest BCUT2D eigenvalue weighted by Gasteiger charge is 2.19. The number of hydrogen-bond acceptors (Lipinski definition) is 7. The summed E-state index contributed by atoms with van der Waals surface area (Å²) in [6.07, 6.45) is 2.02. The largest absolute Gasteiger partial charge is 0.372 e. The van der Waals surface area contributed by atoms with Crippen LogP contribution in [0.15, 0.2) is 35.4 Å². The van der Waals surface area contributed by atoms with Crippen LogP contribution >= 0.6 is 11.3 Å². The van der Waals surface area contributed by atoms with Gasteiger partial charge in [-0.3, -0.25) is 25.1 Å². The molecule has 1 amide bonds. The van der Waals surface area contributed by atoms with Crippen LogP contribution in [0.3, 0.4) is 0 Å². The van der Waals surface area contributed by atoms with E-state index in [2.05, 4.69) is 10.4 Å². The summed E-state index contributed by atoms with van der Waals surface area (Å²) in [5.74, 6) is -0.641. The van der Waals surface area contributed by atoms with Crippen LogP contribution in [0.4, 0.5) is 11.4 Å². The lowest BCUT2D eigenvalue weighted by Crippen LogP contribution is -2.33. The van der Waals surface area contributed by atoms with Gasteiger partial charge in [0.2, 0.25) is 0 Å². The van der Waals surface area contributed by atoms with Gasteiger partial charge in [0.05, 0.1) is 10.3 Å². The van der Waals surface area contributed by atoms with Crippen molar-refractivity contribution in [2.45, 2.75) is 13.3 Å². The normalized spacial score (nSPS) is 10.8. The van der Waals surface area contributed by atoms with E-state index in [1.54, 1.807) is 25.1 Å². The molecule has 0 saturated heterocycles. The minimum Gasteiger partial charge on any atom is -0.372 e. The third-order valence-corrected chi connectivity index (χ3v) is 5.18. The van der Waals surface area contributed by atoms with Crippen molar-refractivity contribution < 1.29 is 9.72 Å². The Morgan fingerprint density at radius 2 is 2.11 bits per heavy atom. The zero-order valence-corrected chi connectivity index (χ0v) is 15.7. The minimum atomic E-state index is -0.641. The van der Waals surface area contributed by atoms with Gasteiger partial charge in [-0.25, -0.2) is 9.66 Å². The van der Waals surface area contributed by atoms with E-state index in [0.29, 0.717) is 15.9 Å². The van der Waals surface area contributed by atoms with Crippen molar-refractivity contribution in [1.29, 1.82) is 0 Å². The maximum absolute atomic E-state index is 12.5. The summed E-state index contributed by atoms with van der Waals surface area (Å²) in [4.78, 5) is 43.2. The second kappa shape index (κ2) is 7.16. The number of carbonyl (C=O) groups is 1. The van der Waals surface area contributed by atoms with E-state index in [1.807, 2.05) is 6.92 Å². The Labute approximate surface area is 158 Å². The zero-order chi connectivity index (χ0) is 19.7. The molecule has 0 atom stereocenters. The minimum absolute atomic E-state index is 0.0684. The van der Waals surface area contributed by atoms with Crippen LogP contribution in [0.1, 0.15) is 22.2 Å². The molecule has 0 fully saturated rings. The standard InChI is InChI=1S/C17H17N5O4S/c1-4-11-8-12-16(27-11)18-9-21(17(12)24)19-15(23)10-5-6-13(20(2)3)14(7-10)22(25)26/h5-9H,4H2,1-3H3,(H,19,23). The summed E-state index contributed by atoms with van der Waals surface area (Å²) in [7, 11) is 3.35. The number of amides is 1. The maximum Gasteiger partial charge on any atom is 0.293 e. The Morgan fingerprint density at radius 3 is 2.74 bits per heavy atom. The van der Waals surface area contributed by atoms with Gasteiger partial charge in [0, 0.05) is 30.6 Å². The van der Waals surface area contributed by atoms with Crippen LogP contribution < -0.4 is 15.9 Å². The number of nitrogens with one attached hydrogen (secondary N) is 1. The van der Waals surface area contributed by atoms with E-state index in [-0.39, 0.29) is 11.3 Å². The van der Waals surface area contributed by atoms with Crippen molar-refractivity contribution in [3.8, 4) is 0 Å². The van der Waals surface area contributed by atoms with Gasteiger partial charge in [-0.05, 0) is 24.6 Å². The number of rotatable bonds is 5. The third-order valence-electron chi connectivity index (χ3n) is 3.99. The van der Waals surface area contributed by atoms with E-state index >= 15 is 0 Å². The average Bonchev–Trinajstić information content (AvgIpc) is 3.07. The third kappa shape index (κ3) is 3.51. The summed E-state index contributed by atoms with van der Waals surface area (Å²) < 4.78 is 0.989. The lowest BCUT2D eigenvalue weighted by Gasteiger charge is -2.13. The van der Waals surface area contributed by atoms with Crippen molar-refractivity contribution in [3.63, 3.8) is 0 Å². The van der Waals surface area contributed by atoms with E-state index in [0.717, 1.165) is 16.0 Å². The van der Waals surface area contributed by atoms with Crippen molar-refractivity contribution >= 4 is 38.8 Å². The summed E-state index contributed by atoms with van der Waals surface area (Å²) >= 11 is 1.43. The number of nitro benzene ring substituents is 1. The van der Waals surface area contributed by atoms with Gasteiger partial charge in [-0.2, -0.15) is 0 Å². The molecule has 9 nitrogen and oxygen atoms in total. The van der Waals surface area contributed by atoms with Gasteiger partial charge in [0.1, 0.15) is 16.8 Å². The molecule has 0 saturated carbocycles. The Balaban J connectivity index is 1.95. The summed E-state index contributed by atoms with van der Waals surface area (Å²) in [5.41, 5.74) is 2.28. The second-order valence-electron chi connectivity index (χ2n) is 6.00. The molecule has 3 rings (SSSR count). The first-order valence-corrected chi connectivity index (χ1v) is 8.90.